The second kappa shape index (κ2) is 4.13. The van der Waals surface area contributed by atoms with E-state index < -0.39 is 24.4 Å². The van der Waals surface area contributed by atoms with Gasteiger partial charge >= 0.3 is 0 Å². The monoisotopic (exact) mass is 180 g/mol. The Balaban J connectivity index is 2.46. The molecule has 6 nitrogen and oxygen atoms in total. The van der Waals surface area contributed by atoms with Crippen molar-refractivity contribution in [3.63, 3.8) is 0 Å². The molecule has 0 aliphatic carbocycles. The number of hydrogen-bond acceptors (Lipinski definition) is 6. The Labute approximate surface area is 68.9 Å². The average molecular weight is 180 g/mol. The minimum Gasteiger partial charge on any atom is -0.388 e. The van der Waals surface area contributed by atoms with Gasteiger partial charge in [0.05, 0.1) is 6.61 Å². The van der Waals surface area contributed by atoms with Crippen LogP contribution in [0, 0.1) is 0 Å². The summed E-state index contributed by atoms with van der Waals surface area (Å²) >= 11 is 0. The number of rotatable bonds is 2. The lowest BCUT2D eigenvalue weighted by atomic mass is 10.0. The van der Waals surface area contributed by atoms with Crippen LogP contribution in [0.5, 0.6) is 0 Å². The standard InChI is InChI=1S/C6H12O6/c7-3-1-11-4(2-12-10)6(9)5(3)8/h3-10H,1-2H2/t3-,4+,5+,6+/m0/s1. The summed E-state index contributed by atoms with van der Waals surface area (Å²) in [6, 6.07) is 0. The Morgan fingerprint density at radius 2 is 1.92 bits per heavy atom. The van der Waals surface area contributed by atoms with Gasteiger partial charge in [0.25, 0.3) is 0 Å². The zero-order chi connectivity index (χ0) is 9.14. The first-order valence-electron chi connectivity index (χ1n) is 3.59. The lowest BCUT2D eigenvalue weighted by Crippen LogP contribution is -2.54. The smallest absolute Gasteiger partial charge is 0.113 e. The van der Waals surface area contributed by atoms with E-state index in [-0.39, 0.29) is 13.2 Å². The molecule has 0 bridgehead atoms. The van der Waals surface area contributed by atoms with Crippen LogP contribution >= 0.6 is 0 Å². The second-order valence-electron chi connectivity index (χ2n) is 2.72. The molecule has 1 fully saturated rings. The van der Waals surface area contributed by atoms with Gasteiger partial charge in [-0.1, -0.05) is 0 Å². The molecule has 0 spiro atoms. The van der Waals surface area contributed by atoms with E-state index >= 15 is 0 Å². The van der Waals surface area contributed by atoms with Crippen molar-refractivity contribution in [3.8, 4) is 0 Å². The Morgan fingerprint density at radius 1 is 1.25 bits per heavy atom. The highest BCUT2D eigenvalue weighted by Crippen LogP contribution is 2.15. The van der Waals surface area contributed by atoms with Crippen LogP contribution in [0.3, 0.4) is 0 Å². The van der Waals surface area contributed by atoms with Crippen LogP contribution in [0.2, 0.25) is 0 Å². The molecular weight excluding hydrogens is 168 g/mol. The first-order chi connectivity index (χ1) is 5.66. The molecule has 1 saturated heterocycles. The minimum absolute atomic E-state index is 0.0771. The molecule has 4 N–H and O–H groups in total. The number of hydrogen-bond donors (Lipinski definition) is 4. The lowest BCUT2D eigenvalue weighted by Gasteiger charge is -2.34. The summed E-state index contributed by atoms with van der Waals surface area (Å²) in [5, 5.41) is 35.4. The van der Waals surface area contributed by atoms with E-state index in [0.717, 1.165) is 0 Å². The van der Waals surface area contributed by atoms with E-state index in [1.165, 1.54) is 0 Å². The molecule has 6 heteroatoms. The molecule has 4 atom stereocenters. The highest BCUT2D eigenvalue weighted by atomic mass is 17.1. The molecule has 0 aromatic rings. The molecule has 0 radical (unpaired) electrons. The summed E-state index contributed by atoms with van der Waals surface area (Å²) in [6.07, 6.45) is -4.37. The summed E-state index contributed by atoms with van der Waals surface area (Å²) in [5.41, 5.74) is 0. The average Bonchev–Trinajstić information content (AvgIpc) is 2.07. The zero-order valence-electron chi connectivity index (χ0n) is 6.33. The fourth-order valence-electron chi connectivity index (χ4n) is 1.09. The van der Waals surface area contributed by atoms with Crippen LogP contribution in [0.15, 0.2) is 0 Å². The predicted octanol–water partition coefficient (Wildman–Crippen LogP) is -2.04. The Morgan fingerprint density at radius 3 is 2.50 bits per heavy atom. The first kappa shape index (κ1) is 9.85. The number of aliphatic hydroxyl groups excluding tert-OH is 3. The van der Waals surface area contributed by atoms with Crippen molar-refractivity contribution in [2.75, 3.05) is 13.2 Å². The molecule has 0 aromatic carbocycles. The molecule has 0 unspecified atom stereocenters. The third kappa shape index (κ3) is 1.92. The second-order valence-corrected chi connectivity index (χ2v) is 2.72. The third-order valence-electron chi connectivity index (χ3n) is 1.84. The summed E-state index contributed by atoms with van der Waals surface area (Å²) in [7, 11) is 0. The maximum Gasteiger partial charge on any atom is 0.113 e. The summed E-state index contributed by atoms with van der Waals surface area (Å²) in [4.78, 5) is 3.76. The molecule has 12 heavy (non-hydrogen) atoms. The maximum atomic E-state index is 9.21. The van der Waals surface area contributed by atoms with Crippen molar-refractivity contribution >= 4 is 0 Å². The molecule has 72 valence electrons. The summed E-state index contributed by atoms with van der Waals surface area (Å²) in [6.45, 7) is -0.308. The molecule has 1 aliphatic heterocycles. The van der Waals surface area contributed by atoms with Crippen molar-refractivity contribution < 1.29 is 30.2 Å². The van der Waals surface area contributed by atoms with Gasteiger partial charge in [0.1, 0.15) is 31.0 Å². The molecule has 1 heterocycles. The lowest BCUT2D eigenvalue weighted by molar-refractivity contribution is -0.285. The van der Waals surface area contributed by atoms with Gasteiger partial charge in [-0.25, -0.2) is 4.89 Å². The van der Waals surface area contributed by atoms with Gasteiger partial charge in [0, 0.05) is 0 Å². The third-order valence-corrected chi connectivity index (χ3v) is 1.84. The Bertz CT molecular complexity index is 140. The van der Waals surface area contributed by atoms with Crippen LogP contribution in [0.25, 0.3) is 0 Å². The highest BCUT2D eigenvalue weighted by molar-refractivity contribution is 4.86. The van der Waals surface area contributed by atoms with Gasteiger partial charge in [-0.3, -0.25) is 5.26 Å². The highest BCUT2D eigenvalue weighted by Gasteiger charge is 2.37. The van der Waals surface area contributed by atoms with Crippen LogP contribution in [-0.2, 0) is 9.62 Å². The van der Waals surface area contributed by atoms with E-state index in [1.807, 2.05) is 0 Å². The first-order valence-corrected chi connectivity index (χ1v) is 3.59. The molecule has 0 amide bonds. The predicted molar refractivity (Wildman–Crippen MR) is 36.3 cm³/mol. The van der Waals surface area contributed by atoms with Gasteiger partial charge in [-0.15, -0.1) is 0 Å². The van der Waals surface area contributed by atoms with E-state index in [9.17, 15) is 5.11 Å². The van der Waals surface area contributed by atoms with E-state index in [4.69, 9.17) is 20.2 Å². The van der Waals surface area contributed by atoms with E-state index in [2.05, 4.69) is 4.89 Å². The Hall–Kier alpha value is -0.240. The van der Waals surface area contributed by atoms with Gasteiger partial charge in [-0.2, -0.15) is 0 Å². The summed E-state index contributed by atoms with van der Waals surface area (Å²) in [5.74, 6) is 0. The molecule has 0 aromatic heterocycles. The van der Waals surface area contributed by atoms with Gasteiger partial charge in [-0.05, 0) is 0 Å². The van der Waals surface area contributed by atoms with Gasteiger partial charge in [0.15, 0.2) is 0 Å². The quantitative estimate of drug-likeness (QED) is 0.288. The fourth-order valence-corrected chi connectivity index (χ4v) is 1.09. The summed E-state index contributed by atoms with van der Waals surface area (Å²) < 4.78 is 4.87. The normalized spacial score (nSPS) is 43.0. The van der Waals surface area contributed by atoms with Crippen LogP contribution < -0.4 is 0 Å². The molecule has 1 aliphatic rings. The van der Waals surface area contributed by atoms with Gasteiger partial charge in [0.2, 0.25) is 0 Å². The van der Waals surface area contributed by atoms with Crippen LogP contribution in [0.1, 0.15) is 0 Å². The van der Waals surface area contributed by atoms with E-state index in [1.54, 1.807) is 0 Å². The van der Waals surface area contributed by atoms with Crippen molar-refractivity contribution in [2.24, 2.45) is 0 Å². The molecular formula is C6H12O6. The van der Waals surface area contributed by atoms with Crippen LogP contribution in [0.4, 0.5) is 0 Å². The SMILES string of the molecule is OOC[C@H]1OC[C@H](O)[C@@H](O)[C@@H]1O. The maximum absolute atomic E-state index is 9.21. The topological polar surface area (TPSA) is 99.4 Å². The zero-order valence-corrected chi connectivity index (χ0v) is 6.33. The van der Waals surface area contributed by atoms with Crippen LogP contribution in [-0.4, -0.2) is 58.2 Å². The fraction of sp³-hybridized carbons (Fsp3) is 1.00. The largest absolute Gasteiger partial charge is 0.388 e. The Kier molecular flexibility index (Phi) is 3.39. The van der Waals surface area contributed by atoms with Crippen molar-refractivity contribution in [2.45, 2.75) is 24.4 Å². The number of aliphatic hydroxyl groups is 3. The molecule has 1 rings (SSSR count). The van der Waals surface area contributed by atoms with Crippen molar-refractivity contribution in [1.82, 2.24) is 0 Å². The molecule has 0 saturated carbocycles. The van der Waals surface area contributed by atoms with E-state index in [0.29, 0.717) is 0 Å². The number of ether oxygens (including phenoxy) is 1. The van der Waals surface area contributed by atoms with Crippen molar-refractivity contribution in [1.29, 1.82) is 0 Å². The minimum atomic E-state index is -1.25. The van der Waals surface area contributed by atoms with Gasteiger partial charge < -0.3 is 20.1 Å². The van der Waals surface area contributed by atoms with Crippen molar-refractivity contribution in [3.05, 3.63) is 0 Å².